The van der Waals surface area contributed by atoms with Gasteiger partial charge in [0.15, 0.2) is 0 Å². The molecule has 0 atom stereocenters. The molecule has 0 saturated heterocycles. The van der Waals surface area contributed by atoms with Gasteiger partial charge < -0.3 is 15.8 Å². The fourth-order valence-electron chi connectivity index (χ4n) is 2.31. The molecule has 0 fully saturated rings. The first-order valence-corrected chi connectivity index (χ1v) is 8.44. The van der Waals surface area contributed by atoms with Gasteiger partial charge in [0, 0.05) is 30.9 Å². The van der Waals surface area contributed by atoms with Crippen LogP contribution < -0.4 is 15.8 Å². The number of pyridine rings is 1. The number of ether oxygens (including phenoxy) is 1. The second kappa shape index (κ2) is 9.67. The van der Waals surface area contributed by atoms with E-state index in [1.807, 2.05) is 6.07 Å². The number of amides is 1. The Labute approximate surface area is 143 Å². The molecule has 5 heteroatoms. The van der Waals surface area contributed by atoms with Crippen LogP contribution in [0.5, 0.6) is 11.6 Å². The molecule has 3 N–H and O–H groups in total. The van der Waals surface area contributed by atoms with Gasteiger partial charge in [0.1, 0.15) is 5.75 Å². The van der Waals surface area contributed by atoms with Crippen LogP contribution in [0.25, 0.3) is 0 Å². The lowest BCUT2D eigenvalue weighted by Crippen LogP contribution is -2.24. The van der Waals surface area contributed by atoms with Gasteiger partial charge in [-0.25, -0.2) is 4.98 Å². The van der Waals surface area contributed by atoms with Gasteiger partial charge in [0.05, 0.1) is 0 Å². The van der Waals surface area contributed by atoms with E-state index in [1.54, 1.807) is 36.5 Å². The minimum atomic E-state index is -0.0828. The molecule has 0 spiro atoms. The first-order chi connectivity index (χ1) is 11.7. The Balaban J connectivity index is 1.94. The summed E-state index contributed by atoms with van der Waals surface area (Å²) >= 11 is 0. The number of unbranched alkanes of at least 4 members (excludes halogenated alkanes) is 3. The molecular formula is C19H25N3O2. The molecule has 1 amide bonds. The van der Waals surface area contributed by atoms with E-state index < -0.39 is 0 Å². The van der Waals surface area contributed by atoms with Crippen molar-refractivity contribution in [1.29, 1.82) is 0 Å². The second-order valence-electron chi connectivity index (χ2n) is 5.65. The number of hydrogen-bond acceptors (Lipinski definition) is 4. The van der Waals surface area contributed by atoms with Crippen molar-refractivity contribution in [3.8, 4) is 11.6 Å². The quantitative estimate of drug-likeness (QED) is 0.689. The molecule has 2 aromatic rings. The number of rotatable bonds is 9. The van der Waals surface area contributed by atoms with Crippen molar-refractivity contribution >= 4 is 5.91 Å². The minimum absolute atomic E-state index is 0.0828. The highest BCUT2D eigenvalue weighted by Gasteiger charge is 2.07. The molecule has 0 aliphatic carbocycles. The average Bonchev–Trinajstić information content (AvgIpc) is 2.62. The van der Waals surface area contributed by atoms with Crippen LogP contribution in [0.4, 0.5) is 0 Å². The van der Waals surface area contributed by atoms with Crippen LogP contribution in [-0.4, -0.2) is 17.4 Å². The van der Waals surface area contributed by atoms with Crippen molar-refractivity contribution in [1.82, 2.24) is 10.3 Å². The second-order valence-corrected chi connectivity index (χ2v) is 5.65. The van der Waals surface area contributed by atoms with Crippen molar-refractivity contribution in [2.24, 2.45) is 5.73 Å². The maximum absolute atomic E-state index is 12.2. The summed E-state index contributed by atoms with van der Waals surface area (Å²) in [5, 5.41) is 2.94. The van der Waals surface area contributed by atoms with Crippen molar-refractivity contribution in [2.45, 2.75) is 39.2 Å². The lowest BCUT2D eigenvalue weighted by atomic mass is 10.2. The zero-order valence-corrected chi connectivity index (χ0v) is 14.1. The molecule has 0 radical (unpaired) electrons. The number of benzene rings is 1. The maximum atomic E-state index is 12.2. The van der Waals surface area contributed by atoms with E-state index in [-0.39, 0.29) is 5.91 Å². The van der Waals surface area contributed by atoms with Crippen molar-refractivity contribution in [3.05, 3.63) is 53.7 Å². The smallest absolute Gasteiger partial charge is 0.251 e. The third-order valence-electron chi connectivity index (χ3n) is 3.67. The van der Waals surface area contributed by atoms with Gasteiger partial charge in [-0.1, -0.05) is 32.3 Å². The van der Waals surface area contributed by atoms with Gasteiger partial charge in [-0.05, 0) is 36.2 Å². The molecule has 24 heavy (non-hydrogen) atoms. The molecular weight excluding hydrogens is 302 g/mol. The predicted molar refractivity (Wildman–Crippen MR) is 95.1 cm³/mol. The number of carbonyl (C=O) groups excluding carboxylic acids is 1. The highest BCUT2D eigenvalue weighted by atomic mass is 16.5. The van der Waals surface area contributed by atoms with E-state index in [0.29, 0.717) is 30.3 Å². The number of nitrogens with zero attached hydrogens (tertiary/aromatic N) is 1. The van der Waals surface area contributed by atoms with E-state index >= 15 is 0 Å². The van der Waals surface area contributed by atoms with Crippen LogP contribution in [0.1, 0.15) is 48.5 Å². The number of nitrogens with two attached hydrogens (primary N) is 1. The van der Waals surface area contributed by atoms with Crippen LogP contribution in [0.2, 0.25) is 0 Å². The van der Waals surface area contributed by atoms with Crippen LogP contribution in [0, 0.1) is 0 Å². The maximum Gasteiger partial charge on any atom is 0.251 e. The molecule has 0 saturated carbocycles. The monoisotopic (exact) mass is 327 g/mol. The normalized spacial score (nSPS) is 10.4. The fourth-order valence-corrected chi connectivity index (χ4v) is 2.31. The van der Waals surface area contributed by atoms with Crippen molar-refractivity contribution < 1.29 is 9.53 Å². The minimum Gasteiger partial charge on any atom is -0.439 e. The van der Waals surface area contributed by atoms with Crippen LogP contribution in [0.15, 0.2) is 42.6 Å². The lowest BCUT2D eigenvalue weighted by Gasteiger charge is -2.08. The summed E-state index contributed by atoms with van der Waals surface area (Å²) < 4.78 is 5.72. The van der Waals surface area contributed by atoms with E-state index in [1.165, 1.54) is 12.8 Å². The molecule has 0 bridgehead atoms. The zero-order valence-electron chi connectivity index (χ0n) is 14.1. The summed E-state index contributed by atoms with van der Waals surface area (Å²) in [5.41, 5.74) is 7.14. The highest BCUT2D eigenvalue weighted by molar-refractivity contribution is 5.94. The van der Waals surface area contributed by atoms with Gasteiger partial charge >= 0.3 is 0 Å². The van der Waals surface area contributed by atoms with Gasteiger partial charge in [-0.15, -0.1) is 0 Å². The van der Waals surface area contributed by atoms with E-state index in [4.69, 9.17) is 10.5 Å². The summed E-state index contributed by atoms with van der Waals surface area (Å²) in [7, 11) is 0. The third kappa shape index (κ3) is 5.66. The van der Waals surface area contributed by atoms with Gasteiger partial charge in [0.2, 0.25) is 5.88 Å². The fraction of sp³-hybridized carbons (Fsp3) is 0.368. The average molecular weight is 327 g/mol. The SMILES string of the molecule is CCCCCCNC(=O)c1cccc(Oc2cc(CN)ccn2)c1. The molecule has 0 unspecified atom stereocenters. The standard InChI is InChI=1S/C19H25N3O2/c1-2-3-4-5-10-22-19(23)16-7-6-8-17(13-16)24-18-12-15(14-20)9-11-21-18/h6-9,11-13H,2-5,10,14,20H2,1H3,(H,22,23). The topological polar surface area (TPSA) is 77.2 Å². The lowest BCUT2D eigenvalue weighted by molar-refractivity contribution is 0.0952. The van der Waals surface area contributed by atoms with Gasteiger partial charge in [-0.2, -0.15) is 0 Å². The molecule has 5 nitrogen and oxygen atoms in total. The summed E-state index contributed by atoms with van der Waals surface area (Å²) in [6, 6.07) is 10.7. The van der Waals surface area contributed by atoms with Crippen LogP contribution >= 0.6 is 0 Å². The van der Waals surface area contributed by atoms with Crippen LogP contribution in [0.3, 0.4) is 0 Å². The number of hydrogen-bond donors (Lipinski definition) is 2. The molecule has 0 aliphatic heterocycles. The first-order valence-electron chi connectivity index (χ1n) is 8.44. The first kappa shape index (κ1) is 17.9. The van der Waals surface area contributed by atoms with Gasteiger partial charge in [-0.3, -0.25) is 4.79 Å². The van der Waals surface area contributed by atoms with E-state index in [9.17, 15) is 4.79 Å². The summed E-state index contributed by atoms with van der Waals surface area (Å²) in [6.45, 7) is 3.30. The highest BCUT2D eigenvalue weighted by Crippen LogP contribution is 2.21. The summed E-state index contributed by atoms with van der Waals surface area (Å²) in [4.78, 5) is 16.3. The van der Waals surface area contributed by atoms with Crippen molar-refractivity contribution in [3.63, 3.8) is 0 Å². The Morgan fingerprint density at radius 1 is 1.21 bits per heavy atom. The number of carbonyl (C=O) groups is 1. The van der Waals surface area contributed by atoms with E-state index in [0.717, 1.165) is 18.4 Å². The van der Waals surface area contributed by atoms with Crippen LogP contribution in [-0.2, 0) is 6.54 Å². The third-order valence-corrected chi connectivity index (χ3v) is 3.67. The summed E-state index contributed by atoms with van der Waals surface area (Å²) in [6.07, 6.45) is 6.19. The predicted octanol–water partition coefficient (Wildman–Crippen LogP) is 3.64. The Bertz CT molecular complexity index is 659. The largest absolute Gasteiger partial charge is 0.439 e. The molecule has 1 aromatic carbocycles. The number of nitrogens with one attached hydrogen (secondary N) is 1. The Kier molecular flexibility index (Phi) is 7.23. The zero-order chi connectivity index (χ0) is 17.2. The molecule has 128 valence electrons. The molecule has 1 aromatic heterocycles. The summed E-state index contributed by atoms with van der Waals surface area (Å²) in [5.74, 6) is 0.964. The Morgan fingerprint density at radius 3 is 2.88 bits per heavy atom. The molecule has 2 rings (SSSR count). The Hall–Kier alpha value is -2.40. The van der Waals surface area contributed by atoms with Gasteiger partial charge in [0.25, 0.3) is 5.91 Å². The number of aromatic nitrogens is 1. The van der Waals surface area contributed by atoms with E-state index in [2.05, 4.69) is 17.2 Å². The molecule has 0 aliphatic rings. The van der Waals surface area contributed by atoms with Crippen molar-refractivity contribution in [2.75, 3.05) is 6.54 Å². The Morgan fingerprint density at radius 2 is 2.08 bits per heavy atom. The molecule has 1 heterocycles.